The van der Waals surface area contributed by atoms with Crippen LogP contribution in [0.3, 0.4) is 0 Å². The number of rotatable bonds is 9. The van der Waals surface area contributed by atoms with Crippen molar-refractivity contribution in [3.63, 3.8) is 0 Å². The largest absolute Gasteiger partial charge is 0.462 e. The number of carbonyl (C=O) groups is 3. The molecule has 11 heteroatoms. The van der Waals surface area contributed by atoms with Gasteiger partial charge in [-0.25, -0.2) is 9.59 Å². The van der Waals surface area contributed by atoms with Gasteiger partial charge in [0.15, 0.2) is 0 Å². The number of nitrogens with one attached hydrogen (secondary N) is 1. The third-order valence-corrected chi connectivity index (χ3v) is 6.83. The molecule has 1 amide bonds. The van der Waals surface area contributed by atoms with Gasteiger partial charge in [0, 0.05) is 33.1 Å². The second kappa shape index (κ2) is 12.8. The van der Waals surface area contributed by atoms with E-state index in [1.165, 1.54) is 18.5 Å². The number of ether oxygens (including phenoxy) is 2. The van der Waals surface area contributed by atoms with Crippen molar-refractivity contribution in [1.82, 2.24) is 14.5 Å². The van der Waals surface area contributed by atoms with Crippen LogP contribution in [0.2, 0.25) is 5.02 Å². The van der Waals surface area contributed by atoms with Gasteiger partial charge in [-0.15, -0.1) is 0 Å². The fourth-order valence-corrected chi connectivity index (χ4v) is 4.52. The molecule has 0 aliphatic rings. The normalized spacial score (nSPS) is 12.4. The Kier molecular flexibility index (Phi) is 9.70. The van der Waals surface area contributed by atoms with E-state index < -0.39 is 41.2 Å². The smallest absolute Gasteiger partial charge is 0.330 e. The van der Waals surface area contributed by atoms with Gasteiger partial charge < -0.3 is 19.4 Å². The van der Waals surface area contributed by atoms with Crippen molar-refractivity contribution < 1.29 is 23.9 Å². The van der Waals surface area contributed by atoms with E-state index in [1.807, 2.05) is 0 Å². The molecule has 0 saturated heterocycles. The highest BCUT2D eigenvalue weighted by atomic mass is 35.5. The number of hydrogen-bond donors (Lipinski definition) is 1. The molecule has 1 N–H and O–H groups in total. The Hall–Kier alpha value is -4.18. The van der Waals surface area contributed by atoms with Crippen LogP contribution in [0.1, 0.15) is 41.0 Å². The summed E-state index contributed by atoms with van der Waals surface area (Å²) in [6, 6.07) is 10.8. The molecule has 0 radical (unpaired) electrons. The number of benzene rings is 2. The topological polar surface area (TPSA) is 126 Å². The summed E-state index contributed by atoms with van der Waals surface area (Å²) in [5, 5.41) is 2.96. The maximum atomic E-state index is 13.2. The number of carbonyl (C=O) groups excluding carboxylic acids is 3. The van der Waals surface area contributed by atoms with Crippen LogP contribution in [0, 0.1) is 13.8 Å². The first kappa shape index (κ1) is 30.4. The van der Waals surface area contributed by atoms with Gasteiger partial charge in [-0.1, -0.05) is 48.0 Å². The van der Waals surface area contributed by atoms with Crippen molar-refractivity contribution in [3.8, 4) is 11.1 Å². The lowest BCUT2D eigenvalue weighted by Gasteiger charge is -2.21. The van der Waals surface area contributed by atoms with E-state index in [9.17, 15) is 24.0 Å². The number of esters is 2. The quantitative estimate of drug-likeness (QED) is 0.393. The van der Waals surface area contributed by atoms with E-state index in [0.717, 1.165) is 4.57 Å². The zero-order valence-corrected chi connectivity index (χ0v) is 24.0. The van der Waals surface area contributed by atoms with Crippen molar-refractivity contribution in [2.45, 2.75) is 46.3 Å². The second-order valence-electron chi connectivity index (χ2n) is 9.58. The first-order valence-electron chi connectivity index (χ1n) is 12.6. The molecular formula is C29H32ClN3O7. The van der Waals surface area contributed by atoms with Crippen molar-refractivity contribution in [2.24, 2.45) is 14.1 Å². The molecule has 10 nitrogen and oxygen atoms in total. The maximum Gasteiger partial charge on any atom is 0.330 e. The van der Waals surface area contributed by atoms with Crippen LogP contribution in [0.25, 0.3) is 11.1 Å². The number of halogens is 1. The summed E-state index contributed by atoms with van der Waals surface area (Å²) >= 11 is 6.26. The average Bonchev–Trinajstić information content (AvgIpc) is 2.90. The molecule has 0 aliphatic heterocycles. The molecule has 3 rings (SSSR count). The predicted octanol–water partition coefficient (Wildman–Crippen LogP) is 2.86. The Morgan fingerprint density at radius 2 is 1.65 bits per heavy atom. The Bertz CT molecular complexity index is 1540. The summed E-state index contributed by atoms with van der Waals surface area (Å²) in [6.07, 6.45) is -0.678. The molecule has 2 atom stereocenters. The van der Waals surface area contributed by atoms with Gasteiger partial charge in [0.2, 0.25) is 0 Å². The number of hydrogen-bond acceptors (Lipinski definition) is 7. The summed E-state index contributed by atoms with van der Waals surface area (Å²) < 4.78 is 12.8. The first-order chi connectivity index (χ1) is 18.8. The van der Waals surface area contributed by atoms with Crippen LogP contribution in [0.4, 0.5) is 0 Å². The van der Waals surface area contributed by atoms with Gasteiger partial charge in [0.05, 0.1) is 16.1 Å². The third kappa shape index (κ3) is 6.87. The standard InChI is InChI=1S/C29H32ClN3O7/c1-16-8-7-9-22(30)24(16)26(35)31-23(28(37)40-17(2)15-39-19(4)34)14-20-10-12-21(13-11-20)25-18(3)32(5)29(38)33(6)27(25)36/h7-13,17,23H,14-15H2,1-6H3,(H,31,35). The van der Waals surface area contributed by atoms with E-state index in [-0.39, 0.29) is 23.6 Å². The zero-order chi connectivity index (χ0) is 29.7. The van der Waals surface area contributed by atoms with Crippen molar-refractivity contribution in [1.29, 1.82) is 0 Å². The van der Waals surface area contributed by atoms with Crippen LogP contribution < -0.4 is 16.6 Å². The molecule has 0 fully saturated rings. The van der Waals surface area contributed by atoms with Gasteiger partial charge in [-0.3, -0.25) is 19.0 Å². The Labute approximate surface area is 236 Å². The highest BCUT2D eigenvalue weighted by Crippen LogP contribution is 2.22. The average molecular weight is 570 g/mol. The highest BCUT2D eigenvalue weighted by Gasteiger charge is 2.27. The number of aromatic nitrogens is 2. The van der Waals surface area contributed by atoms with Crippen molar-refractivity contribution >= 4 is 29.4 Å². The molecule has 0 saturated carbocycles. The molecule has 0 aliphatic carbocycles. The fraction of sp³-hybridized carbons (Fsp3) is 0.345. The van der Waals surface area contributed by atoms with E-state index in [0.29, 0.717) is 27.9 Å². The summed E-state index contributed by atoms with van der Waals surface area (Å²) in [7, 11) is 3.01. The molecule has 1 aromatic heterocycles. The molecule has 212 valence electrons. The van der Waals surface area contributed by atoms with E-state index in [4.69, 9.17) is 21.1 Å². The second-order valence-corrected chi connectivity index (χ2v) is 9.98. The summed E-state index contributed by atoms with van der Waals surface area (Å²) in [5.41, 5.74) is 2.22. The predicted molar refractivity (Wildman–Crippen MR) is 150 cm³/mol. The van der Waals surface area contributed by atoms with Gasteiger partial charge in [-0.2, -0.15) is 0 Å². The summed E-state index contributed by atoms with van der Waals surface area (Å²) in [6.45, 7) is 6.12. The van der Waals surface area contributed by atoms with E-state index in [1.54, 1.807) is 70.3 Å². The summed E-state index contributed by atoms with van der Waals surface area (Å²) in [4.78, 5) is 62.5. The van der Waals surface area contributed by atoms with Gasteiger partial charge in [0.1, 0.15) is 18.8 Å². The van der Waals surface area contributed by atoms with Gasteiger partial charge in [-0.05, 0) is 43.5 Å². The molecule has 40 heavy (non-hydrogen) atoms. The van der Waals surface area contributed by atoms with Gasteiger partial charge in [0.25, 0.3) is 11.5 Å². The van der Waals surface area contributed by atoms with Crippen molar-refractivity contribution in [2.75, 3.05) is 6.61 Å². The van der Waals surface area contributed by atoms with Crippen LogP contribution in [-0.4, -0.2) is 45.7 Å². The molecular weight excluding hydrogens is 538 g/mol. The SMILES string of the molecule is CC(=O)OCC(C)OC(=O)C(Cc1ccc(-c2c(C)n(C)c(=O)n(C)c2=O)cc1)NC(=O)c1c(C)cccc1Cl. The van der Waals surface area contributed by atoms with E-state index >= 15 is 0 Å². The number of amides is 1. The van der Waals surface area contributed by atoms with Gasteiger partial charge >= 0.3 is 17.6 Å². The van der Waals surface area contributed by atoms with Crippen LogP contribution in [-0.2, 0) is 39.6 Å². The molecule has 2 aromatic carbocycles. The third-order valence-electron chi connectivity index (χ3n) is 6.52. The molecule has 3 aromatic rings. The van der Waals surface area contributed by atoms with Crippen LogP contribution in [0.15, 0.2) is 52.1 Å². The van der Waals surface area contributed by atoms with Crippen molar-refractivity contribution in [3.05, 3.63) is 90.7 Å². The molecule has 0 bridgehead atoms. The monoisotopic (exact) mass is 569 g/mol. The zero-order valence-electron chi connectivity index (χ0n) is 23.2. The highest BCUT2D eigenvalue weighted by molar-refractivity contribution is 6.34. The Balaban J connectivity index is 1.90. The lowest BCUT2D eigenvalue weighted by molar-refractivity contribution is -0.158. The lowest BCUT2D eigenvalue weighted by atomic mass is 10.00. The first-order valence-corrected chi connectivity index (χ1v) is 12.9. The minimum absolute atomic E-state index is 0.0684. The minimum atomic E-state index is -1.10. The van der Waals surface area contributed by atoms with E-state index in [2.05, 4.69) is 5.32 Å². The number of aryl methyl sites for hydroxylation is 1. The Morgan fingerprint density at radius 3 is 2.25 bits per heavy atom. The molecule has 1 heterocycles. The molecule has 2 unspecified atom stereocenters. The fourth-order valence-electron chi connectivity index (χ4n) is 4.21. The number of nitrogens with zero attached hydrogens (tertiary/aromatic N) is 2. The summed E-state index contributed by atoms with van der Waals surface area (Å²) in [5.74, 6) is -1.77. The van der Waals surface area contributed by atoms with Crippen LogP contribution >= 0.6 is 11.6 Å². The minimum Gasteiger partial charge on any atom is -0.462 e. The Morgan fingerprint density at radius 1 is 1.00 bits per heavy atom. The molecule has 0 spiro atoms. The maximum absolute atomic E-state index is 13.2. The van der Waals surface area contributed by atoms with Crippen LogP contribution in [0.5, 0.6) is 0 Å². The lowest BCUT2D eigenvalue weighted by Crippen LogP contribution is -2.45.